The molecular formula is C17H24N2O2. The highest BCUT2D eigenvalue weighted by Gasteiger charge is 2.46. The van der Waals surface area contributed by atoms with Gasteiger partial charge in [0.25, 0.3) is 0 Å². The maximum Gasteiger partial charge on any atom is 0.161 e. The van der Waals surface area contributed by atoms with E-state index in [1.54, 1.807) is 0 Å². The van der Waals surface area contributed by atoms with Crippen LogP contribution in [0.15, 0.2) is 12.1 Å². The van der Waals surface area contributed by atoms with Crippen molar-refractivity contribution in [2.45, 2.75) is 26.3 Å². The summed E-state index contributed by atoms with van der Waals surface area (Å²) in [6.45, 7) is 9.24. The minimum atomic E-state index is 0.311. The lowest BCUT2D eigenvalue weighted by Gasteiger charge is -2.28. The van der Waals surface area contributed by atoms with E-state index < -0.39 is 0 Å². The van der Waals surface area contributed by atoms with Crippen LogP contribution in [0.5, 0.6) is 11.5 Å². The van der Waals surface area contributed by atoms with E-state index in [0.29, 0.717) is 5.41 Å². The Morgan fingerprint density at radius 3 is 2.43 bits per heavy atom. The summed E-state index contributed by atoms with van der Waals surface area (Å²) in [4.78, 5) is 2.51. The second-order valence-electron chi connectivity index (χ2n) is 6.83. The van der Waals surface area contributed by atoms with Crippen LogP contribution in [0.1, 0.15) is 24.0 Å². The third-order valence-electron chi connectivity index (χ3n) is 5.03. The van der Waals surface area contributed by atoms with E-state index in [0.717, 1.165) is 57.4 Å². The Balaban J connectivity index is 1.54. The SMILES string of the molecule is Cc1cc2c(cc1CN1CCNCC1)OCC1(CC1)CO2. The van der Waals surface area contributed by atoms with Gasteiger partial charge in [0, 0.05) is 38.1 Å². The van der Waals surface area contributed by atoms with Gasteiger partial charge in [-0.2, -0.15) is 0 Å². The van der Waals surface area contributed by atoms with E-state index in [1.807, 2.05) is 0 Å². The first-order valence-electron chi connectivity index (χ1n) is 8.06. The standard InChI is InChI=1S/C17H24N2O2/c1-13-8-15-16(21-12-17(2-3-17)11-20-15)9-14(13)10-19-6-4-18-5-7-19/h8-9,18H,2-7,10-12H2,1H3. The summed E-state index contributed by atoms with van der Waals surface area (Å²) in [5, 5.41) is 3.40. The molecule has 114 valence electrons. The van der Waals surface area contributed by atoms with Crippen LogP contribution in [-0.2, 0) is 6.54 Å². The van der Waals surface area contributed by atoms with Crippen LogP contribution in [0.3, 0.4) is 0 Å². The van der Waals surface area contributed by atoms with Crippen LogP contribution >= 0.6 is 0 Å². The molecule has 0 unspecified atom stereocenters. The Hall–Kier alpha value is -1.26. The number of nitrogens with one attached hydrogen (secondary N) is 1. The zero-order valence-corrected chi connectivity index (χ0v) is 12.8. The van der Waals surface area contributed by atoms with Crippen molar-refractivity contribution in [2.24, 2.45) is 5.41 Å². The maximum absolute atomic E-state index is 6.06. The van der Waals surface area contributed by atoms with Crippen LogP contribution in [0.4, 0.5) is 0 Å². The van der Waals surface area contributed by atoms with Gasteiger partial charge in [0.1, 0.15) is 0 Å². The zero-order valence-electron chi connectivity index (χ0n) is 12.8. The van der Waals surface area contributed by atoms with Gasteiger partial charge in [0.2, 0.25) is 0 Å². The summed E-state index contributed by atoms with van der Waals surface area (Å²) in [6, 6.07) is 4.36. The Morgan fingerprint density at radius 2 is 1.76 bits per heavy atom. The molecule has 3 aliphatic rings. The maximum atomic E-state index is 6.06. The minimum Gasteiger partial charge on any atom is -0.489 e. The summed E-state index contributed by atoms with van der Waals surface area (Å²) in [7, 11) is 0. The number of ether oxygens (including phenoxy) is 2. The van der Waals surface area contributed by atoms with Gasteiger partial charge >= 0.3 is 0 Å². The highest BCUT2D eigenvalue weighted by Crippen LogP contribution is 2.49. The third-order valence-corrected chi connectivity index (χ3v) is 5.03. The predicted molar refractivity (Wildman–Crippen MR) is 82.0 cm³/mol. The molecule has 1 saturated carbocycles. The number of rotatable bonds is 2. The highest BCUT2D eigenvalue weighted by molar-refractivity contribution is 5.47. The molecule has 2 heterocycles. The topological polar surface area (TPSA) is 33.7 Å². The van der Waals surface area contributed by atoms with E-state index in [1.165, 1.54) is 24.0 Å². The summed E-state index contributed by atoms with van der Waals surface area (Å²) in [5.41, 5.74) is 2.99. The highest BCUT2D eigenvalue weighted by atomic mass is 16.5. The Kier molecular flexibility index (Phi) is 3.31. The Labute approximate surface area is 126 Å². The molecule has 0 atom stereocenters. The zero-order chi connectivity index (χ0) is 14.3. The van der Waals surface area contributed by atoms with Crippen molar-refractivity contribution in [1.82, 2.24) is 10.2 Å². The largest absolute Gasteiger partial charge is 0.489 e. The summed E-state index contributed by atoms with van der Waals surface area (Å²) < 4.78 is 12.1. The first-order valence-corrected chi connectivity index (χ1v) is 8.06. The van der Waals surface area contributed by atoms with Gasteiger partial charge in [0.05, 0.1) is 13.2 Å². The second-order valence-corrected chi connectivity index (χ2v) is 6.83. The van der Waals surface area contributed by atoms with Gasteiger partial charge in [-0.3, -0.25) is 4.90 Å². The van der Waals surface area contributed by atoms with Crippen LogP contribution in [0, 0.1) is 12.3 Å². The van der Waals surface area contributed by atoms with E-state index in [2.05, 4.69) is 29.3 Å². The van der Waals surface area contributed by atoms with Gasteiger partial charge < -0.3 is 14.8 Å². The predicted octanol–water partition coefficient (Wildman–Crippen LogP) is 1.95. The number of hydrogen-bond acceptors (Lipinski definition) is 4. The normalized spacial score (nSPS) is 23.9. The Bertz CT molecular complexity index is 534. The van der Waals surface area contributed by atoms with Crippen molar-refractivity contribution in [2.75, 3.05) is 39.4 Å². The number of hydrogen-bond donors (Lipinski definition) is 1. The quantitative estimate of drug-likeness (QED) is 0.902. The molecule has 1 aliphatic carbocycles. The summed E-state index contributed by atoms with van der Waals surface area (Å²) in [6.07, 6.45) is 2.49. The second kappa shape index (κ2) is 5.18. The van der Waals surface area contributed by atoms with Gasteiger partial charge in [-0.25, -0.2) is 0 Å². The molecule has 1 saturated heterocycles. The number of piperazine rings is 1. The number of nitrogens with zero attached hydrogens (tertiary/aromatic N) is 1. The first-order chi connectivity index (χ1) is 10.2. The van der Waals surface area contributed by atoms with E-state index in [9.17, 15) is 0 Å². The molecule has 0 aromatic heterocycles. The molecule has 1 spiro atoms. The van der Waals surface area contributed by atoms with Gasteiger partial charge in [-0.05, 0) is 43.0 Å². The molecule has 4 rings (SSSR count). The van der Waals surface area contributed by atoms with E-state index in [-0.39, 0.29) is 0 Å². The lowest BCUT2D eigenvalue weighted by atomic mass is 10.1. The van der Waals surface area contributed by atoms with Gasteiger partial charge in [-0.1, -0.05) is 0 Å². The summed E-state index contributed by atoms with van der Waals surface area (Å²) in [5.74, 6) is 1.87. The first kappa shape index (κ1) is 13.4. The molecule has 2 fully saturated rings. The van der Waals surface area contributed by atoms with E-state index in [4.69, 9.17) is 9.47 Å². The molecule has 0 radical (unpaired) electrons. The summed E-state index contributed by atoms with van der Waals surface area (Å²) >= 11 is 0. The van der Waals surface area contributed by atoms with Crippen LogP contribution in [0.25, 0.3) is 0 Å². The van der Waals surface area contributed by atoms with Crippen molar-refractivity contribution >= 4 is 0 Å². The average molecular weight is 288 g/mol. The molecule has 4 heteroatoms. The molecule has 0 bridgehead atoms. The smallest absolute Gasteiger partial charge is 0.161 e. The lowest BCUT2D eigenvalue weighted by molar-refractivity contribution is 0.197. The fraction of sp³-hybridized carbons (Fsp3) is 0.647. The van der Waals surface area contributed by atoms with Crippen molar-refractivity contribution in [1.29, 1.82) is 0 Å². The van der Waals surface area contributed by atoms with E-state index >= 15 is 0 Å². The Morgan fingerprint density at radius 1 is 1.10 bits per heavy atom. The fourth-order valence-corrected chi connectivity index (χ4v) is 3.18. The van der Waals surface area contributed by atoms with Crippen LogP contribution < -0.4 is 14.8 Å². The third kappa shape index (κ3) is 2.74. The molecule has 1 N–H and O–H groups in total. The van der Waals surface area contributed by atoms with Crippen molar-refractivity contribution in [3.8, 4) is 11.5 Å². The molecule has 1 aromatic carbocycles. The van der Waals surface area contributed by atoms with Crippen molar-refractivity contribution < 1.29 is 9.47 Å². The van der Waals surface area contributed by atoms with Crippen molar-refractivity contribution in [3.05, 3.63) is 23.3 Å². The molecule has 21 heavy (non-hydrogen) atoms. The van der Waals surface area contributed by atoms with Crippen molar-refractivity contribution in [3.63, 3.8) is 0 Å². The van der Waals surface area contributed by atoms with Crippen LogP contribution in [0.2, 0.25) is 0 Å². The van der Waals surface area contributed by atoms with Crippen LogP contribution in [-0.4, -0.2) is 44.3 Å². The molecular weight excluding hydrogens is 264 g/mol. The molecule has 4 nitrogen and oxygen atoms in total. The molecule has 0 amide bonds. The minimum absolute atomic E-state index is 0.311. The lowest BCUT2D eigenvalue weighted by Crippen LogP contribution is -2.43. The molecule has 2 aliphatic heterocycles. The number of aryl methyl sites for hydroxylation is 1. The number of fused-ring (bicyclic) bond motifs is 1. The number of benzene rings is 1. The molecule has 1 aromatic rings. The monoisotopic (exact) mass is 288 g/mol. The fourth-order valence-electron chi connectivity index (χ4n) is 3.18. The van der Waals surface area contributed by atoms with Gasteiger partial charge in [0.15, 0.2) is 11.5 Å². The average Bonchev–Trinajstić information content (AvgIpc) is 3.29. The van der Waals surface area contributed by atoms with Gasteiger partial charge in [-0.15, -0.1) is 0 Å².